The fraction of sp³-hybridized carbons (Fsp3) is 0.500. The van der Waals surface area contributed by atoms with Crippen LogP contribution in [0.2, 0.25) is 0 Å². The van der Waals surface area contributed by atoms with Crippen LogP contribution in [0.15, 0.2) is 23.9 Å². The van der Waals surface area contributed by atoms with Crippen molar-refractivity contribution in [3.8, 4) is 5.19 Å². The van der Waals surface area contributed by atoms with Crippen molar-refractivity contribution >= 4 is 16.5 Å². The summed E-state index contributed by atoms with van der Waals surface area (Å²) in [6.45, 7) is 3.97. The third-order valence-electron chi connectivity index (χ3n) is 2.67. The lowest BCUT2D eigenvalue weighted by Crippen LogP contribution is -2.34. The van der Waals surface area contributed by atoms with E-state index in [0.29, 0.717) is 11.8 Å². The molecule has 1 aliphatic rings. The number of aromatic nitrogens is 2. The number of anilines is 1. The molecule has 0 saturated heterocycles. The van der Waals surface area contributed by atoms with Gasteiger partial charge in [0.2, 0.25) is 5.13 Å². The van der Waals surface area contributed by atoms with E-state index < -0.39 is 5.60 Å². The van der Waals surface area contributed by atoms with Crippen LogP contribution in [0.5, 0.6) is 5.19 Å². The highest BCUT2D eigenvalue weighted by molar-refractivity contribution is 7.16. The van der Waals surface area contributed by atoms with E-state index in [1.165, 1.54) is 11.3 Å². The molecule has 0 saturated carbocycles. The highest BCUT2D eigenvalue weighted by Crippen LogP contribution is 2.22. The Balaban J connectivity index is 1.84. The van der Waals surface area contributed by atoms with Crippen LogP contribution in [-0.2, 0) is 0 Å². The number of rotatable bonds is 5. The van der Waals surface area contributed by atoms with Crippen LogP contribution >= 0.6 is 11.3 Å². The average Bonchev–Trinajstić information content (AvgIpc) is 2.84. The van der Waals surface area contributed by atoms with Crippen molar-refractivity contribution in [2.45, 2.75) is 25.5 Å². The minimum absolute atomic E-state index is 0.0630. The van der Waals surface area contributed by atoms with Gasteiger partial charge in [0.1, 0.15) is 6.61 Å². The molecule has 1 aromatic heterocycles. The van der Waals surface area contributed by atoms with Crippen molar-refractivity contribution in [1.29, 1.82) is 0 Å². The molecule has 0 fully saturated rings. The predicted octanol–water partition coefficient (Wildman–Crippen LogP) is 1.14. The Morgan fingerprint density at radius 1 is 1.53 bits per heavy atom. The summed E-state index contributed by atoms with van der Waals surface area (Å²) in [7, 11) is 1.79. The Morgan fingerprint density at radius 3 is 2.84 bits per heavy atom. The van der Waals surface area contributed by atoms with E-state index >= 15 is 0 Å². The van der Waals surface area contributed by atoms with E-state index in [4.69, 9.17) is 4.74 Å². The van der Waals surface area contributed by atoms with Gasteiger partial charge < -0.3 is 20.5 Å². The van der Waals surface area contributed by atoms with Gasteiger partial charge in [0.25, 0.3) is 5.19 Å². The summed E-state index contributed by atoms with van der Waals surface area (Å²) >= 11 is 1.36. The van der Waals surface area contributed by atoms with E-state index in [-0.39, 0.29) is 6.04 Å². The molecule has 6 nitrogen and oxygen atoms in total. The van der Waals surface area contributed by atoms with Gasteiger partial charge in [0, 0.05) is 13.2 Å². The first-order valence-corrected chi connectivity index (χ1v) is 6.82. The molecule has 0 amide bonds. The highest BCUT2D eigenvalue weighted by Gasteiger charge is 2.20. The second-order valence-electron chi connectivity index (χ2n) is 4.73. The van der Waals surface area contributed by atoms with Gasteiger partial charge >= 0.3 is 0 Å². The number of aliphatic hydroxyl groups is 1. The van der Waals surface area contributed by atoms with Gasteiger partial charge in [-0.15, -0.1) is 5.10 Å². The van der Waals surface area contributed by atoms with Crippen LogP contribution in [0, 0.1) is 0 Å². The Bertz CT molecular complexity index is 490. The highest BCUT2D eigenvalue weighted by atomic mass is 32.1. The first-order chi connectivity index (χ1) is 8.99. The lowest BCUT2D eigenvalue weighted by atomic mass is 9.96. The summed E-state index contributed by atoms with van der Waals surface area (Å²) in [6, 6.07) is 0.0630. The van der Waals surface area contributed by atoms with Crippen LogP contribution in [-0.4, -0.2) is 40.6 Å². The van der Waals surface area contributed by atoms with E-state index in [9.17, 15) is 5.11 Å². The monoisotopic (exact) mass is 282 g/mol. The molecule has 7 heteroatoms. The fourth-order valence-electron chi connectivity index (χ4n) is 1.53. The standard InChI is InChI=1S/C12H18N4O2S/c1-12(2,17)8-4-5-9(14-6-8)7-18-11-16-15-10(13-3)19-11/h4-6,9,14,17H,7H2,1-3H3,(H,13,15). The molecule has 2 heterocycles. The number of ether oxygens (including phenoxy) is 1. The maximum atomic E-state index is 9.85. The summed E-state index contributed by atoms with van der Waals surface area (Å²) in [5.74, 6) is 0. The van der Waals surface area contributed by atoms with Crippen molar-refractivity contribution in [2.75, 3.05) is 19.0 Å². The summed E-state index contributed by atoms with van der Waals surface area (Å²) in [5.41, 5.74) is 0.00752. The Hall–Kier alpha value is -1.60. The SMILES string of the molecule is CNc1nnc(OCC2C=CC(C(C)(C)O)=CN2)s1. The normalized spacial score (nSPS) is 18.7. The molecule has 1 aromatic rings. The minimum atomic E-state index is -0.837. The lowest BCUT2D eigenvalue weighted by molar-refractivity contribution is 0.122. The number of hydrogen-bond donors (Lipinski definition) is 3. The molecule has 19 heavy (non-hydrogen) atoms. The molecule has 104 valence electrons. The number of hydrogen-bond acceptors (Lipinski definition) is 7. The van der Waals surface area contributed by atoms with Crippen molar-refractivity contribution in [1.82, 2.24) is 15.5 Å². The maximum Gasteiger partial charge on any atom is 0.295 e. The summed E-state index contributed by atoms with van der Waals surface area (Å²) in [6.07, 6.45) is 5.68. The first kappa shape index (κ1) is 13.8. The van der Waals surface area contributed by atoms with Crippen molar-refractivity contribution in [2.24, 2.45) is 0 Å². The second kappa shape index (κ2) is 5.58. The number of nitrogens with one attached hydrogen (secondary N) is 2. The van der Waals surface area contributed by atoms with Gasteiger partial charge in [-0.05, 0) is 30.8 Å². The molecule has 3 N–H and O–H groups in total. The van der Waals surface area contributed by atoms with Gasteiger partial charge in [0.05, 0.1) is 11.6 Å². The predicted molar refractivity (Wildman–Crippen MR) is 75.4 cm³/mol. The zero-order valence-corrected chi connectivity index (χ0v) is 12.0. The molecule has 2 rings (SSSR count). The molecular formula is C12H18N4O2S. The van der Waals surface area contributed by atoms with Gasteiger partial charge in [-0.2, -0.15) is 0 Å². The summed E-state index contributed by atoms with van der Waals surface area (Å²) < 4.78 is 5.55. The lowest BCUT2D eigenvalue weighted by Gasteiger charge is -2.24. The van der Waals surface area contributed by atoms with Crippen LogP contribution in [0.4, 0.5) is 5.13 Å². The van der Waals surface area contributed by atoms with Crippen LogP contribution in [0.25, 0.3) is 0 Å². The zero-order valence-electron chi connectivity index (χ0n) is 11.2. The van der Waals surface area contributed by atoms with E-state index in [1.807, 2.05) is 18.4 Å². The van der Waals surface area contributed by atoms with Gasteiger partial charge in [-0.3, -0.25) is 0 Å². The topological polar surface area (TPSA) is 79.3 Å². The first-order valence-electron chi connectivity index (χ1n) is 6.00. The van der Waals surface area contributed by atoms with Crippen LogP contribution in [0.1, 0.15) is 13.8 Å². The van der Waals surface area contributed by atoms with Gasteiger partial charge in [-0.25, -0.2) is 0 Å². The van der Waals surface area contributed by atoms with E-state index in [1.54, 1.807) is 20.9 Å². The molecule has 1 atom stereocenters. The van der Waals surface area contributed by atoms with Crippen molar-refractivity contribution in [3.05, 3.63) is 23.9 Å². The molecule has 0 bridgehead atoms. The van der Waals surface area contributed by atoms with E-state index in [2.05, 4.69) is 20.8 Å². The molecular weight excluding hydrogens is 264 g/mol. The molecule has 0 radical (unpaired) electrons. The molecule has 1 aliphatic heterocycles. The van der Waals surface area contributed by atoms with E-state index in [0.717, 1.165) is 10.7 Å². The van der Waals surface area contributed by atoms with Gasteiger partial charge in [0.15, 0.2) is 0 Å². The largest absolute Gasteiger partial charge is 0.466 e. The third kappa shape index (κ3) is 3.68. The molecule has 0 spiro atoms. The Labute approximate surface area is 116 Å². The quantitative estimate of drug-likeness (QED) is 0.751. The molecule has 0 aliphatic carbocycles. The smallest absolute Gasteiger partial charge is 0.295 e. The van der Waals surface area contributed by atoms with Crippen LogP contribution < -0.4 is 15.4 Å². The zero-order chi connectivity index (χ0) is 13.9. The Kier molecular flexibility index (Phi) is 4.06. The second-order valence-corrected chi connectivity index (χ2v) is 5.67. The number of nitrogens with zero attached hydrogens (tertiary/aromatic N) is 2. The summed E-state index contributed by atoms with van der Waals surface area (Å²) in [5, 5.41) is 25.0. The molecule has 0 aromatic carbocycles. The third-order valence-corrected chi connectivity index (χ3v) is 3.53. The number of dihydropyridines is 1. The maximum absolute atomic E-state index is 9.85. The molecule has 1 unspecified atom stereocenters. The fourth-order valence-corrected chi connectivity index (χ4v) is 2.09. The van der Waals surface area contributed by atoms with Crippen molar-refractivity contribution < 1.29 is 9.84 Å². The minimum Gasteiger partial charge on any atom is -0.466 e. The van der Waals surface area contributed by atoms with Gasteiger partial charge in [-0.1, -0.05) is 17.3 Å². The van der Waals surface area contributed by atoms with Crippen molar-refractivity contribution in [3.63, 3.8) is 0 Å². The average molecular weight is 282 g/mol. The Morgan fingerprint density at radius 2 is 2.32 bits per heavy atom. The summed E-state index contributed by atoms with van der Waals surface area (Å²) in [4.78, 5) is 0. The van der Waals surface area contributed by atoms with Crippen LogP contribution in [0.3, 0.4) is 0 Å².